The maximum absolute atomic E-state index is 10.5. The molecular weight excluding hydrogens is 198 g/mol. The predicted octanol–water partition coefficient (Wildman–Crippen LogP) is 3.47. The number of hydrogen-bond donors (Lipinski definition) is 0. The minimum Gasteiger partial charge on any atom is -0.368 e. The molecule has 2 heteroatoms. The molecule has 0 N–H and O–H groups in total. The Bertz CT molecular complexity index is 298. The van der Waals surface area contributed by atoms with Crippen LogP contribution >= 0.6 is 0 Å². The van der Waals surface area contributed by atoms with Crippen molar-refractivity contribution >= 4 is 11.6 Å². The lowest BCUT2D eigenvalue weighted by atomic mass is 10.2. The van der Waals surface area contributed by atoms with Gasteiger partial charge in [0.05, 0.1) is 0 Å². The fourth-order valence-electron chi connectivity index (χ4n) is 1.00. The van der Waals surface area contributed by atoms with Crippen molar-refractivity contribution in [3.05, 3.63) is 35.9 Å². The third kappa shape index (κ3) is 6.05. The normalized spacial score (nSPS) is 7.38. The van der Waals surface area contributed by atoms with Crippen LogP contribution in [0, 0.1) is 0 Å². The van der Waals surface area contributed by atoms with E-state index < -0.39 is 0 Å². The van der Waals surface area contributed by atoms with Crippen molar-refractivity contribution in [2.45, 2.75) is 27.7 Å². The van der Waals surface area contributed by atoms with Crippen LogP contribution in [0.1, 0.15) is 33.3 Å². The molecule has 1 rings (SSSR count). The van der Waals surface area contributed by atoms with Crippen LogP contribution in [-0.2, 0) is 4.79 Å². The molecule has 0 spiro atoms. The summed E-state index contributed by atoms with van der Waals surface area (Å²) in [6.45, 7) is 8.00. The molecule has 0 atom stereocenters. The van der Waals surface area contributed by atoms with E-state index in [1.807, 2.05) is 78.1 Å². The molecular formula is C14H23NO. The Labute approximate surface area is 99.6 Å². The Morgan fingerprint density at radius 2 is 1.44 bits per heavy atom. The summed E-state index contributed by atoms with van der Waals surface area (Å²) < 4.78 is 0. The van der Waals surface area contributed by atoms with Crippen LogP contribution in [-0.4, -0.2) is 24.9 Å². The van der Waals surface area contributed by atoms with Gasteiger partial charge in [0.15, 0.2) is 5.94 Å². The van der Waals surface area contributed by atoms with Crippen LogP contribution in [0.25, 0.3) is 5.70 Å². The molecule has 0 aliphatic heterocycles. The average molecular weight is 221 g/mol. The van der Waals surface area contributed by atoms with E-state index in [0.29, 0.717) is 5.70 Å². The molecule has 2 nitrogen and oxygen atoms in total. The molecule has 1 aromatic carbocycles. The van der Waals surface area contributed by atoms with Crippen molar-refractivity contribution in [2.75, 3.05) is 14.1 Å². The highest BCUT2D eigenvalue weighted by Crippen LogP contribution is 2.11. The molecule has 0 amide bonds. The van der Waals surface area contributed by atoms with Crippen LogP contribution in [0.15, 0.2) is 30.3 Å². The third-order valence-corrected chi connectivity index (χ3v) is 1.59. The molecule has 16 heavy (non-hydrogen) atoms. The molecule has 0 aliphatic carbocycles. The maximum atomic E-state index is 10.5. The standard InChI is InChI=1S/C10H11NO.2C2H6/c1-11(2)10(8-12)9-6-4-3-5-7-9;2*1-2/h3-7H,1-2H3;2*1-2H3. The van der Waals surface area contributed by atoms with Crippen molar-refractivity contribution in [1.29, 1.82) is 0 Å². The molecule has 0 saturated heterocycles. The Kier molecular flexibility index (Phi) is 12.2. The zero-order chi connectivity index (χ0) is 13.0. The van der Waals surface area contributed by atoms with E-state index in [1.165, 1.54) is 0 Å². The predicted molar refractivity (Wildman–Crippen MR) is 71.9 cm³/mol. The molecule has 0 aliphatic rings. The van der Waals surface area contributed by atoms with E-state index >= 15 is 0 Å². The van der Waals surface area contributed by atoms with Gasteiger partial charge in [-0.25, -0.2) is 4.79 Å². The third-order valence-electron chi connectivity index (χ3n) is 1.59. The molecule has 0 fully saturated rings. The SMILES string of the molecule is CC.CC.CN(C)C(=C=O)c1ccccc1. The van der Waals surface area contributed by atoms with E-state index in [1.54, 1.807) is 4.90 Å². The molecule has 1 aromatic rings. The molecule has 0 saturated carbocycles. The van der Waals surface area contributed by atoms with Crippen molar-refractivity contribution in [2.24, 2.45) is 0 Å². The lowest BCUT2D eigenvalue weighted by Gasteiger charge is -2.12. The summed E-state index contributed by atoms with van der Waals surface area (Å²) >= 11 is 0. The topological polar surface area (TPSA) is 20.3 Å². The number of carbonyl (C=O) groups excluding carboxylic acids is 1. The Balaban J connectivity index is 0. The zero-order valence-electron chi connectivity index (χ0n) is 11.2. The molecule has 0 radical (unpaired) electrons. The quantitative estimate of drug-likeness (QED) is 0.713. The summed E-state index contributed by atoms with van der Waals surface area (Å²) in [5.41, 5.74) is 1.48. The number of nitrogens with zero attached hydrogens (tertiary/aromatic N) is 1. The fourth-order valence-corrected chi connectivity index (χ4v) is 1.00. The first-order valence-corrected chi connectivity index (χ1v) is 5.73. The summed E-state index contributed by atoms with van der Waals surface area (Å²) in [6.07, 6.45) is 0. The fraction of sp³-hybridized carbons (Fsp3) is 0.429. The molecule has 90 valence electrons. The van der Waals surface area contributed by atoms with Gasteiger partial charge in [0.2, 0.25) is 0 Å². The Morgan fingerprint density at radius 3 is 1.75 bits per heavy atom. The smallest absolute Gasteiger partial charge is 0.151 e. The van der Waals surface area contributed by atoms with Crippen molar-refractivity contribution in [3.8, 4) is 0 Å². The largest absolute Gasteiger partial charge is 0.368 e. The van der Waals surface area contributed by atoms with Crippen LogP contribution in [0.3, 0.4) is 0 Å². The Hall–Kier alpha value is -1.53. The molecule has 0 aromatic heterocycles. The maximum Gasteiger partial charge on any atom is 0.151 e. The average Bonchev–Trinajstić information content (AvgIpc) is 2.36. The first-order valence-electron chi connectivity index (χ1n) is 5.73. The second kappa shape index (κ2) is 11.5. The van der Waals surface area contributed by atoms with E-state index in [0.717, 1.165) is 5.56 Å². The summed E-state index contributed by atoms with van der Waals surface area (Å²) in [6, 6.07) is 9.49. The molecule has 0 heterocycles. The number of hydrogen-bond acceptors (Lipinski definition) is 2. The van der Waals surface area contributed by atoms with Gasteiger partial charge in [-0.3, -0.25) is 0 Å². The molecule has 0 unspecified atom stereocenters. The first-order chi connectivity index (χ1) is 7.75. The summed E-state index contributed by atoms with van der Waals surface area (Å²) in [5, 5.41) is 0. The zero-order valence-corrected chi connectivity index (χ0v) is 11.2. The second-order valence-corrected chi connectivity index (χ2v) is 2.71. The van der Waals surface area contributed by atoms with Gasteiger partial charge in [-0.1, -0.05) is 58.0 Å². The van der Waals surface area contributed by atoms with Gasteiger partial charge in [-0.05, 0) is 0 Å². The van der Waals surface area contributed by atoms with Gasteiger partial charge in [0.25, 0.3) is 0 Å². The van der Waals surface area contributed by atoms with Crippen LogP contribution in [0.5, 0.6) is 0 Å². The van der Waals surface area contributed by atoms with E-state index in [9.17, 15) is 4.79 Å². The summed E-state index contributed by atoms with van der Waals surface area (Å²) in [5.74, 6) is 1.91. The number of rotatable bonds is 2. The minimum atomic E-state index is 0.579. The van der Waals surface area contributed by atoms with Gasteiger partial charge < -0.3 is 4.90 Å². The van der Waals surface area contributed by atoms with Gasteiger partial charge in [-0.2, -0.15) is 0 Å². The van der Waals surface area contributed by atoms with Crippen LogP contribution < -0.4 is 0 Å². The van der Waals surface area contributed by atoms with E-state index in [4.69, 9.17) is 0 Å². The molecule has 0 bridgehead atoms. The van der Waals surface area contributed by atoms with Crippen LogP contribution in [0.2, 0.25) is 0 Å². The summed E-state index contributed by atoms with van der Waals surface area (Å²) in [7, 11) is 3.65. The highest BCUT2D eigenvalue weighted by molar-refractivity contribution is 5.85. The van der Waals surface area contributed by atoms with Crippen molar-refractivity contribution < 1.29 is 4.79 Å². The monoisotopic (exact) mass is 221 g/mol. The van der Waals surface area contributed by atoms with Gasteiger partial charge in [-0.15, -0.1) is 0 Å². The van der Waals surface area contributed by atoms with Gasteiger partial charge in [0.1, 0.15) is 5.70 Å². The van der Waals surface area contributed by atoms with Gasteiger partial charge in [0, 0.05) is 19.7 Å². The minimum absolute atomic E-state index is 0.579. The lowest BCUT2D eigenvalue weighted by Crippen LogP contribution is -2.10. The van der Waals surface area contributed by atoms with Crippen molar-refractivity contribution in [1.82, 2.24) is 4.90 Å². The van der Waals surface area contributed by atoms with E-state index in [-0.39, 0.29) is 0 Å². The van der Waals surface area contributed by atoms with E-state index in [2.05, 4.69) is 0 Å². The summed E-state index contributed by atoms with van der Waals surface area (Å²) in [4.78, 5) is 12.3. The second-order valence-electron chi connectivity index (χ2n) is 2.71. The number of benzene rings is 1. The van der Waals surface area contributed by atoms with Crippen molar-refractivity contribution in [3.63, 3.8) is 0 Å². The lowest BCUT2D eigenvalue weighted by molar-refractivity contribution is 0.553. The first kappa shape index (κ1) is 16.9. The van der Waals surface area contributed by atoms with Crippen LogP contribution in [0.4, 0.5) is 0 Å². The Morgan fingerprint density at radius 1 is 1.00 bits per heavy atom. The van der Waals surface area contributed by atoms with Gasteiger partial charge >= 0.3 is 0 Å². The highest BCUT2D eigenvalue weighted by atomic mass is 16.1. The highest BCUT2D eigenvalue weighted by Gasteiger charge is 2.02.